The molecule has 1 amide bonds. The Labute approximate surface area is 230 Å². The number of hydrogen-bond acceptors (Lipinski definition) is 5. The number of phenolic OH excluding ortho intramolecular Hbond substituents is 1. The van der Waals surface area contributed by atoms with Crippen LogP contribution in [0.25, 0.3) is 27.9 Å². The van der Waals surface area contributed by atoms with E-state index >= 15 is 0 Å². The fraction of sp³-hybridized carbons (Fsp3) is 0.276. The highest BCUT2D eigenvalue weighted by atomic mass is 35.5. The van der Waals surface area contributed by atoms with E-state index in [1.807, 2.05) is 13.0 Å². The fourth-order valence-electron chi connectivity index (χ4n) is 5.09. The van der Waals surface area contributed by atoms with Crippen molar-refractivity contribution in [2.45, 2.75) is 32.2 Å². The van der Waals surface area contributed by atoms with Crippen LogP contribution in [0.4, 0.5) is 10.2 Å². The van der Waals surface area contributed by atoms with Crippen LogP contribution in [0, 0.1) is 5.82 Å². The van der Waals surface area contributed by atoms with Crippen molar-refractivity contribution in [2.75, 3.05) is 18.0 Å². The van der Waals surface area contributed by atoms with Crippen molar-refractivity contribution >= 4 is 23.3 Å². The molecule has 1 aliphatic rings. The third-order valence-corrected chi connectivity index (χ3v) is 7.57. The van der Waals surface area contributed by atoms with Crippen LogP contribution in [0.1, 0.15) is 26.7 Å². The van der Waals surface area contributed by atoms with Crippen LogP contribution in [-0.4, -0.2) is 43.8 Å². The Morgan fingerprint density at radius 3 is 2.33 bits per heavy atom. The topological polar surface area (TPSA) is 92.4 Å². The zero-order chi connectivity index (χ0) is 27.9. The van der Waals surface area contributed by atoms with Crippen LogP contribution < -0.4 is 15.9 Å². The number of anilines is 1. The van der Waals surface area contributed by atoms with Gasteiger partial charge in [0.1, 0.15) is 17.4 Å². The van der Waals surface area contributed by atoms with Crippen LogP contribution in [0.15, 0.2) is 65.8 Å². The Bertz CT molecular complexity index is 1620. The number of nitrogens with one attached hydrogen (secondary N) is 1. The first kappa shape index (κ1) is 26.5. The van der Waals surface area contributed by atoms with Crippen molar-refractivity contribution in [2.24, 2.45) is 7.05 Å². The highest BCUT2D eigenvalue weighted by Crippen LogP contribution is 2.41. The maximum Gasteiger partial charge on any atom is 0.332 e. The standard InChI is InChI=1S/C29H29ClFN5O3/c1-18(37)33-29(2)7-10-35(11-8-29)26-15-20(6-9-32-26)23-17-21(31)16-22(27(23)38)19-4-5-25(24(30)14-19)36-13-12-34(3)28(36)39/h4-6,9,12-17,38H,7-8,10-11H2,1-3H3,(H,33,37). The number of amides is 1. The monoisotopic (exact) mass is 549 g/mol. The summed E-state index contributed by atoms with van der Waals surface area (Å²) >= 11 is 6.52. The van der Waals surface area contributed by atoms with Crippen molar-refractivity contribution < 1.29 is 14.3 Å². The van der Waals surface area contributed by atoms with Crippen molar-refractivity contribution in [3.8, 4) is 33.7 Å². The number of pyridine rings is 1. The lowest BCUT2D eigenvalue weighted by Gasteiger charge is -2.40. The fourth-order valence-corrected chi connectivity index (χ4v) is 5.37. The van der Waals surface area contributed by atoms with E-state index in [1.165, 1.54) is 28.2 Å². The summed E-state index contributed by atoms with van der Waals surface area (Å²) in [5.74, 6) is 0.0578. The minimum absolute atomic E-state index is 0.0478. The Kier molecular flexibility index (Phi) is 6.94. The average molecular weight is 550 g/mol. The van der Waals surface area contributed by atoms with E-state index in [1.54, 1.807) is 49.9 Å². The van der Waals surface area contributed by atoms with Crippen molar-refractivity contribution in [3.05, 3.63) is 82.4 Å². The molecule has 0 aliphatic carbocycles. The van der Waals surface area contributed by atoms with Crippen molar-refractivity contribution in [3.63, 3.8) is 0 Å². The number of rotatable bonds is 5. The summed E-state index contributed by atoms with van der Waals surface area (Å²) in [4.78, 5) is 30.5. The van der Waals surface area contributed by atoms with Gasteiger partial charge in [0.15, 0.2) is 0 Å². The summed E-state index contributed by atoms with van der Waals surface area (Å²) in [6, 6.07) is 11.1. The van der Waals surface area contributed by atoms with Crippen LogP contribution >= 0.6 is 11.6 Å². The normalized spacial score (nSPS) is 14.8. The third kappa shape index (κ3) is 5.27. The van der Waals surface area contributed by atoms with E-state index in [9.17, 15) is 19.1 Å². The molecule has 1 saturated heterocycles. The summed E-state index contributed by atoms with van der Waals surface area (Å²) in [7, 11) is 1.64. The van der Waals surface area contributed by atoms with Crippen molar-refractivity contribution in [1.29, 1.82) is 0 Å². The highest BCUT2D eigenvalue weighted by Gasteiger charge is 2.31. The van der Waals surface area contributed by atoms with Crippen LogP contribution in [0.5, 0.6) is 5.75 Å². The van der Waals surface area contributed by atoms with Crippen LogP contribution in [0.2, 0.25) is 5.02 Å². The Balaban J connectivity index is 1.46. The molecule has 0 bridgehead atoms. The van der Waals surface area contributed by atoms with Gasteiger partial charge in [0.25, 0.3) is 0 Å². The Morgan fingerprint density at radius 1 is 1.08 bits per heavy atom. The van der Waals surface area contributed by atoms with E-state index in [4.69, 9.17) is 11.6 Å². The van der Waals surface area contributed by atoms with E-state index in [-0.39, 0.29) is 33.5 Å². The van der Waals surface area contributed by atoms with Gasteiger partial charge in [0.2, 0.25) is 5.91 Å². The van der Waals surface area contributed by atoms with Gasteiger partial charge in [-0.05, 0) is 67.3 Å². The molecule has 2 aromatic carbocycles. The van der Waals surface area contributed by atoms with Gasteiger partial charge in [-0.2, -0.15) is 0 Å². The smallest absolute Gasteiger partial charge is 0.332 e. The quantitative estimate of drug-likeness (QED) is 0.369. The lowest BCUT2D eigenvalue weighted by molar-refractivity contribution is -0.120. The lowest BCUT2D eigenvalue weighted by atomic mass is 9.89. The predicted octanol–water partition coefficient (Wildman–Crippen LogP) is 4.90. The summed E-state index contributed by atoms with van der Waals surface area (Å²) in [6.07, 6.45) is 6.41. The zero-order valence-electron chi connectivity index (χ0n) is 21.9. The second-order valence-electron chi connectivity index (χ2n) is 10.2. The second kappa shape index (κ2) is 10.2. The van der Waals surface area contributed by atoms with E-state index in [0.29, 0.717) is 41.3 Å². The lowest BCUT2D eigenvalue weighted by Crippen LogP contribution is -2.53. The number of aromatic hydroxyl groups is 1. The number of phenols is 1. The van der Waals surface area contributed by atoms with Gasteiger partial charge in [-0.3, -0.25) is 9.36 Å². The first-order chi connectivity index (χ1) is 18.5. The molecule has 0 radical (unpaired) electrons. The number of carbonyl (C=O) groups excluding carboxylic acids is 1. The minimum Gasteiger partial charge on any atom is -0.507 e. The second-order valence-corrected chi connectivity index (χ2v) is 10.6. The van der Waals surface area contributed by atoms with Crippen LogP contribution in [-0.2, 0) is 11.8 Å². The van der Waals surface area contributed by atoms with E-state index < -0.39 is 5.82 Å². The first-order valence-electron chi connectivity index (χ1n) is 12.6. The molecule has 0 atom stereocenters. The average Bonchev–Trinajstić information content (AvgIpc) is 3.22. The molecule has 10 heteroatoms. The molecule has 0 saturated carbocycles. The number of hydrogen-bond donors (Lipinski definition) is 2. The molecule has 2 N–H and O–H groups in total. The number of nitrogens with zero attached hydrogens (tertiary/aromatic N) is 4. The Morgan fingerprint density at radius 2 is 1.74 bits per heavy atom. The molecule has 202 valence electrons. The van der Waals surface area contributed by atoms with Crippen LogP contribution in [0.3, 0.4) is 0 Å². The summed E-state index contributed by atoms with van der Waals surface area (Å²) in [5.41, 5.74) is 1.70. The molecule has 39 heavy (non-hydrogen) atoms. The van der Waals surface area contributed by atoms with Gasteiger partial charge in [0, 0.05) is 62.3 Å². The molecule has 3 heterocycles. The minimum atomic E-state index is -0.514. The molecule has 1 aliphatic heterocycles. The van der Waals surface area contributed by atoms with Gasteiger partial charge >= 0.3 is 5.69 Å². The maximum absolute atomic E-state index is 14.9. The summed E-state index contributed by atoms with van der Waals surface area (Å²) in [5, 5.41) is 14.6. The van der Waals surface area contributed by atoms with Gasteiger partial charge in [-0.1, -0.05) is 17.7 Å². The largest absolute Gasteiger partial charge is 0.507 e. The molecule has 0 unspecified atom stereocenters. The first-order valence-corrected chi connectivity index (χ1v) is 13.0. The zero-order valence-corrected chi connectivity index (χ0v) is 22.7. The van der Waals surface area contributed by atoms with Gasteiger partial charge in [-0.15, -0.1) is 0 Å². The highest BCUT2D eigenvalue weighted by molar-refractivity contribution is 6.32. The van der Waals surface area contributed by atoms with Crippen molar-refractivity contribution in [1.82, 2.24) is 19.4 Å². The van der Waals surface area contributed by atoms with E-state index in [2.05, 4.69) is 15.2 Å². The van der Waals surface area contributed by atoms with Gasteiger partial charge in [-0.25, -0.2) is 14.2 Å². The number of halogens is 2. The van der Waals surface area contributed by atoms with Gasteiger partial charge in [0.05, 0.1) is 10.7 Å². The number of aryl methyl sites for hydroxylation is 1. The number of piperidine rings is 1. The molecular weight excluding hydrogens is 521 g/mol. The molecule has 4 aromatic rings. The molecule has 5 rings (SSSR count). The molecule has 8 nitrogen and oxygen atoms in total. The SMILES string of the molecule is CC(=O)NC1(C)CCN(c2cc(-c3cc(F)cc(-c4ccc(-n5ccn(C)c5=O)c(Cl)c4)c3O)ccn2)CC1. The van der Waals surface area contributed by atoms with E-state index in [0.717, 1.165) is 12.8 Å². The predicted molar refractivity (Wildman–Crippen MR) is 150 cm³/mol. The molecule has 2 aromatic heterocycles. The molecular formula is C29H29ClFN5O3. The van der Waals surface area contributed by atoms with Gasteiger partial charge < -0.3 is 19.9 Å². The maximum atomic E-state index is 14.9. The number of aromatic nitrogens is 3. The number of imidazole rings is 1. The number of carbonyl (C=O) groups is 1. The Hall–Kier alpha value is -4.11. The number of benzene rings is 2. The molecule has 0 spiro atoms. The molecule has 1 fully saturated rings. The third-order valence-electron chi connectivity index (χ3n) is 7.27. The summed E-state index contributed by atoms with van der Waals surface area (Å²) < 4.78 is 17.7. The summed E-state index contributed by atoms with van der Waals surface area (Å²) in [6.45, 7) is 4.96.